The largest absolute Gasteiger partial charge is 0.467 e. The number of likely N-dealkylation sites (N-methyl/N-ethyl adjacent to an activating group) is 1. The second-order valence-corrected chi connectivity index (χ2v) is 7.72. The number of alkyl halides is 3. The summed E-state index contributed by atoms with van der Waals surface area (Å²) in [6.07, 6.45) is -3.18. The molecule has 8 nitrogen and oxygen atoms in total. The maximum atomic E-state index is 13.6. The third-order valence-electron chi connectivity index (χ3n) is 5.66. The van der Waals surface area contributed by atoms with Gasteiger partial charge >= 0.3 is 12.2 Å². The molecule has 0 saturated carbocycles. The molecule has 1 aromatic heterocycles. The van der Waals surface area contributed by atoms with Crippen molar-refractivity contribution < 1.29 is 32.0 Å². The topological polar surface area (TPSA) is 94.9 Å². The van der Waals surface area contributed by atoms with Gasteiger partial charge in [0.2, 0.25) is 5.91 Å². The van der Waals surface area contributed by atoms with Crippen molar-refractivity contribution >= 4 is 17.8 Å². The average molecular weight is 462 g/mol. The van der Waals surface area contributed by atoms with E-state index in [9.17, 15) is 27.6 Å². The molecular weight excluding hydrogens is 441 g/mol. The standard InChI is InChI=1S/C22H21F3N4O4/c1-28-16-12-29(9-8-17(30)26-11-13-5-4-10-33-13)20(31)18(16)19(27-21(28)32)14-6-2-3-7-15(14)22(23,24)25/h2-7,10,19H,8-9,11-12H2,1H3,(H,26,30)(H,27,32)/t19-/m1/s1. The quantitative estimate of drug-likeness (QED) is 0.690. The fourth-order valence-electron chi connectivity index (χ4n) is 3.97. The molecule has 0 spiro atoms. The van der Waals surface area contributed by atoms with E-state index in [-0.39, 0.29) is 43.1 Å². The second-order valence-electron chi connectivity index (χ2n) is 7.72. The molecule has 2 aromatic rings. The van der Waals surface area contributed by atoms with Gasteiger partial charge in [0, 0.05) is 20.0 Å². The molecule has 11 heteroatoms. The third-order valence-corrected chi connectivity index (χ3v) is 5.66. The van der Waals surface area contributed by atoms with E-state index in [1.54, 1.807) is 12.1 Å². The molecule has 0 aliphatic carbocycles. The molecule has 2 aliphatic rings. The molecule has 0 saturated heterocycles. The summed E-state index contributed by atoms with van der Waals surface area (Å²) in [4.78, 5) is 40.4. The number of halogens is 3. The van der Waals surface area contributed by atoms with Gasteiger partial charge in [-0.2, -0.15) is 13.2 Å². The predicted octanol–water partition coefficient (Wildman–Crippen LogP) is 2.80. The molecule has 3 heterocycles. The van der Waals surface area contributed by atoms with Crippen LogP contribution in [0, 0.1) is 0 Å². The molecule has 2 aliphatic heterocycles. The number of furan rings is 1. The van der Waals surface area contributed by atoms with E-state index in [0.29, 0.717) is 11.5 Å². The Bertz CT molecular complexity index is 1110. The van der Waals surface area contributed by atoms with Crippen LogP contribution in [-0.2, 0) is 22.3 Å². The zero-order chi connectivity index (χ0) is 23.8. The lowest BCUT2D eigenvalue weighted by atomic mass is 9.92. The Morgan fingerprint density at radius 1 is 1.21 bits per heavy atom. The molecule has 1 aromatic carbocycles. The van der Waals surface area contributed by atoms with Crippen LogP contribution in [0.15, 0.2) is 58.3 Å². The SMILES string of the molecule is CN1C(=O)N[C@H](c2ccccc2C(F)(F)F)C2=C1CN(CCC(=O)NCc1ccco1)C2=O. The molecule has 174 valence electrons. The lowest BCUT2D eigenvalue weighted by Crippen LogP contribution is -2.45. The lowest BCUT2D eigenvalue weighted by molar-refractivity contribution is -0.138. The first-order valence-electron chi connectivity index (χ1n) is 10.2. The minimum Gasteiger partial charge on any atom is -0.467 e. The minimum atomic E-state index is -4.65. The number of amides is 4. The Balaban J connectivity index is 1.52. The van der Waals surface area contributed by atoms with E-state index in [1.807, 2.05) is 0 Å². The van der Waals surface area contributed by atoms with Gasteiger partial charge < -0.3 is 20.0 Å². The summed E-state index contributed by atoms with van der Waals surface area (Å²) in [6, 6.07) is 6.40. The van der Waals surface area contributed by atoms with Crippen molar-refractivity contribution in [3.8, 4) is 0 Å². The summed E-state index contributed by atoms with van der Waals surface area (Å²) in [6.45, 7) is 0.270. The fraction of sp³-hybridized carbons (Fsp3) is 0.318. The lowest BCUT2D eigenvalue weighted by Gasteiger charge is -2.32. The second kappa shape index (κ2) is 8.64. The van der Waals surface area contributed by atoms with Crippen LogP contribution < -0.4 is 10.6 Å². The Kier molecular flexibility index (Phi) is 5.88. The van der Waals surface area contributed by atoms with Gasteiger partial charge in [-0.05, 0) is 23.8 Å². The molecule has 0 bridgehead atoms. The summed E-state index contributed by atoms with van der Waals surface area (Å²) in [5.41, 5.74) is -0.730. The highest BCUT2D eigenvalue weighted by Crippen LogP contribution is 2.41. The Hall–Kier alpha value is -3.76. The number of carbonyl (C=O) groups excluding carboxylic acids is 3. The van der Waals surface area contributed by atoms with Gasteiger partial charge in [-0.3, -0.25) is 14.5 Å². The number of rotatable bonds is 6. The normalized spacial score (nSPS) is 18.5. The number of hydrogen-bond donors (Lipinski definition) is 2. The zero-order valence-electron chi connectivity index (χ0n) is 17.6. The monoisotopic (exact) mass is 462 g/mol. The Morgan fingerprint density at radius 2 is 1.97 bits per heavy atom. The smallest absolute Gasteiger partial charge is 0.416 e. The highest BCUT2D eigenvalue weighted by molar-refractivity contribution is 6.01. The van der Waals surface area contributed by atoms with Crippen molar-refractivity contribution in [3.05, 3.63) is 70.8 Å². The number of benzene rings is 1. The molecule has 33 heavy (non-hydrogen) atoms. The highest BCUT2D eigenvalue weighted by atomic mass is 19.4. The van der Waals surface area contributed by atoms with Crippen LogP contribution in [0.2, 0.25) is 0 Å². The average Bonchev–Trinajstić information content (AvgIpc) is 3.41. The Morgan fingerprint density at radius 3 is 2.67 bits per heavy atom. The van der Waals surface area contributed by atoms with Gasteiger partial charge in [-0.15, -0.1) is 0 Å². The number of carbonyl (C=O) groups is 3. The molecule has 0 unspecified atom stereocenters. The van der Waals surface area contributed by atoms with Crippen molar-refractivity contribution in [3.63, 3.8) is 0 Å². The first-order chi connectivity index (χ1) is 15.7. The minimum absolute atomic E-state index is 0.0120. The predicted molar refractivity (Wildman–Crippen MR) is 109 cm³/mol. The molecule has 0 fully saturated rings. The fourth-order valence-corrected chi connectivity index (χ4v) is 3.97. The van der Waals surface area contributed by atoms with Crippen LogP contribution in [0.1, 0.15) is 29.3 Å². The molecule has 4 rings (SSSR count). The van der Waals surface area contributed by atoms with Gasteiger partial charge in [0.1, 0.15) is 5.76 Å². The molecule has 1 atom stereocenters. The Labute approximate surface area is 187 Å². The van der Waals surface area contributed by atoms with Crippen LogP contribution in [0.25, 0.3) is 0 Å². The maximum Gasteiger partial charge on any atom is 0.416 e. The number of hydrogen-bond acceptors (Lipinski definition) is 4. The van der Waals surface area contributed by atoms with Gasteiger partial charge in [-0.1, -0.05) is 18.2 Å². The molecule has 0 radical (unpaired) electrons. The third kappa shape index (κ3) is 4.43. The van der Waals surface area contributed by atoms with Crippen molar-refractivity contribution in [2.75, 3.05) is 20.1 Å². The van der Waals surface area contributed by atoms with Crippen LogP contribution in [-0.4, -0.2) is 47.8 Å². The van der Waals surface area contributed by atoms with Crippen molar-refractivity contribution in [1.82, 2.24) is 20.4 Å². The summed E-state index contributed by atoms with van der Waals surface area (Å²) in [7, 11) is 1.45. The van der Waals surface area contributed by atoms with Crippen LogP contribution in [0.5, 0.6) is 0 Å². The van der Waals surface area contributed by atoms with Gasteiger partial charge in [0.05, 0.1) is 42.2 Å². The van der Waals surface area contributed by atoms with E-state index in [4.69, 9.17) is 4.42 Å². The van der Waals surface area contributed by atoms with Gasteiger partial charge in [0.15, 0.2) is 0 Å². The van der Waals surface area contributed by atoms with Crippen LogP contribution in [0.3, 0.4) is 0 Å². The summed E-state index contributed by atoms with van der Waals surface area (Å²) in [5.74, 6) is -0.252. The molecular formula is C22H21F3N4O4. The van der Waals surface area contributed by atoms with E-state index in [0.717, 1.165) is 6.07 Å². The summed E-state index contributed by atoms with van der Waals surface area (Å²) < 4.78 is 45.9. The van der Waals surface area contributed by atoms with Crippen molar-refractivity contribution in [2.45, 2.75) is 25.2 Å². The highest BCUT2D eigenvalue weighted by Gasteiger charge is 2.45. The molecule has 2 N–H and O–H groups in total. The first-order valence-corrected chi connectivity index (χ1v) is 10.2. The maximum absolute atomic E-state index is 13.6. The number of nitrogens with one attached hydrogen (secondary N) is 2. The van der Waals surface area contributed by atoms with E-state index >= 15 is 0 Å². The zero-order valence-corrected chi connectivity index (χ0v) is 17.6. The molecule has 4 amide bonds. The number of urea groups is 1. The van der Waals surface area contributed by atoms with Crippen LogP contribution >= 0.6 is 0 Å². The van der Waals surface area contributed by atoms with Gasteiger partial charge in [0.25, 0.3) is 5.91 Å². The van der Waals surface area contributed by atoms with E-state index in [1.165, 1.54) is 41.3 Å². The van der Waals surface area contributed by atoms with Crippen molar-refractivity contribution in [2.24, 2.45) is 0 Å². The summed E-state index contributed by atoms with van der Waals surface area (Å²) in [5, 5.41) is 5.19. The van der Waals surface area contributed by atoms with Gasteiger partial charge in [-0.25, -0.2) is 4.79 Å². The van der Waals surface area contributed by atoms with Crippen molar-refractivity contribution in [1.29, 1.82) is 0 Å². The van der Waals surface area contributed by atoms with Crippen LogP contribution in [0.4, 0.5) is 18.0 Å². The van der Waals surface area contributed by atoms with E-state index < -0.39 is 29.7 Å². The number of nitrogens with zero attached hydrogens (tertiary/aromatic N) is 2. The first kappa shape index (κ1) is 22.4. The summed E-state index contributed by atoms with van der Waals surface area (Å²) >= 11 is 0. The van der Waals surface area contributed by atoms with E-state index in [2.05, 4.69) is 10.6 Å².